The largest absolute Gasteiger partial charge is 0.422 e. The van der Waals surface area contributed by atoms with Crippen LogP contribution in [-0.4, -0.2) is 13.1 Å². The monoisotopic (exact) mass is 268 g/mol. The zero-order chi connectivity index (χ0) is 13.9. The molecule has 0 unspecified atom stereocenters. The number of nitriles is 1. The Balaban J connectivity index is 2.25. The summed E-state index contributed by atoms with van der Waals surface area (Å²) in [6.07, 6.45) is 4.61. The van der Waals surface area contributed by atoms with Gasteiger partial charge in [-0.25, -0.2) is 4.79 Å². The van der Waals surface area contributed by atoms with Crippen LogP contribution in [0.15, 0.2) is 33.5 Å². The maximum absolute atomic E-state index is 12.0. The molecule has 0 amide bonds. The second-order valence-corrected chi connectivity index (χ2v) is 5.12. The summed E-state index contributed by atoms with van der Waals surface area (Å²) in [5, 5.41) is 10.2. The Morgan fingerprint density at radius 3 is 2.50 bits per heavy atom. The molecule has 1 aromatic heterocycles. The smallest absolute Gasteiger partial charge is 0.356 e. The van der Waals surface area contributed by atoms with E-state index in [0.29, 0.717) is 5.58 Å². The zero-order valence-corrected chi connectivity index (χ0v) is 11.3. The molecule has 2 heterocycles. The molecule has 0 saturated carbocycles. The summed E-state index contributed by atoms with van der Waals surface area (Å²) in [6.45, 7) is 1.78. The van der Waals surface area contributed by atoms with Crippen molar-refractivity contribution in [3.05, 3.63) is 40.2 Å². The van der Waals surface area contributed by atoms with E-state index in [0.717, 1.165) is 37.0 Å². The van der Waals surface area contributed by atoms with Gasteiger partial charge in [0.2, 0.25) is 0 Å². The van der Waals surface area contributed by atoms with Crippen molar-refractivity contribution in [2.75, 3.05) is 18.0 Å². The summed E-state index contributed by atoms with van der Waals surface area (Å²) in [7, 11) is 0. The summed E-state index contributed by atoms with van der Waals surface area (Å²) in [6, 6.07) is 9.46. The van der Waals surface area contributed by atoms with Gasteiger partial charge in [0.25, 0.3) is 0 Å². The van der Waals surface area contributed by atoms with E-state index in [1.807, 2.05) is 24.3 Å². The average Bonchev–Trinajstić information content (AvgIpc) is 2.74. The number of nitrogens with zero attached hydrogens (tertiary/aromatic N) is 2. The van der Waals surface area contributed by atoms with Crippen molar-refractivity contribution in [3.8, 4) is 6.07 Å². The van der Waals surface area contributed by atoms with Gasteiger partial charge in [-0.2, -0.15) is 5.26 Å². The van der Waals surface area contributed by atoms with E-state index in [2.05, 4.69) is 4.90 Å². The van der Waals surface area contributed by atoms with Gasteiger partial charge in [-0.15, -0.1) is 0 Å². The van der Waals surface area contributed by atoms with E-state index in [1.165, 1.54) is 12.8 Å². The van der Waals surface area contributed by atoms with Crippen molar-refractivity contribution in [2.45, 2.75) is 25.7 Å². The van der Waals surface area contributed by atoms with E-state index in [9.17, 15) is 10.1 Å². The molecule has 20 heavy (non-hydrogen) atoms. The van der Waals surface area contributed by atoms with Gasteiger partial charge in [-0.3, -0.25) is 0 Å². The maximum atomic E-state index is 12.0. The second kappa shape index (κ2) is 5.38. The highest BCUT2D eigenvalue weighted by atomic mass is 16.4. The first-order valence-corrected chi connectivity index (χ1v) is 7.02. The summed E-state index contributed by atoms with van der Waals surface area (Å²) in [5.41, 5.74) is 0.896. The van der Waals surface area contributed by atoms with E-state index in [1.54, 1.807) is 6.07 Å². The minimum atomic E-state index is -0.537. The zero-order valence-electron chi connectivity index (χ0n) is 11.3. The van der Waals surface area contributed by atoms with Crippen molar-refractivity contribution >= 4 is 16.7 Å². The number of benzene rings is 1. The van der Waals surface area contributed by atoms with Crippen molar-refractivity contribution in [1.82, 2.24) is 0 Å². The highest BCUT2D eigenvalue weighted by Gasteiger charge is 2.20. The van der Waals surface area contributed by atoms with Crippen molar-refractivity contribution < 1.29 is 4.42 Å². The molecule has 4 heteroatoms. The van der Waals surface area contributed by atoms with Crippen LogP contribution >= 0.6 is 0 Å². The lowest BCUT2D eigenvalue weighted by Crippen LogP contribution is -2.27. The summed E-state index contributed by atoms with van der Waals surface area (Å²) in [4.78, 5) is 14.2. The topological polar surface area (TPSA) is 57.2 Å². The van der Waals surface area contributed by atoms with Crippen LogP contribution in [0.25, 0.3) is 11.0 Å². The third-order valence-electron chi connectivity index (χ3n) is 3.82. The molecule has 1 fully saturated rings. The van der Waals surface area contributed by atoms with Crippen molar-refractivity contribution in [2.24, 2.45) is 0 Å². The molecule has 0 bridgehead atoms. The van der Waals surface area contributed by atoms with E-state index in [-0.39, 0.29) is 5.56 Å². The van der Waals surface area contributed by atoms with Gasteiger partial charge in [0, 0.05) is 18.5 Å². The number of anilines is 1. The Hall–Kier alpha value is -2.28. The van der Waals surface area contributed by atoms with Gasteiger partial charge < -0.3 is 9.32 Å². The van der Waals surface area contributed by atoms with Crippen LogP contribution in [0, 0.1) is 11.3 Å². The molecule has 2 aromatic rings. The normalized spacial score (nSPS) is 15.8. The summed E-state index contributed by atoms with van der Waals surface area (Å²) >= 11 is 0. The lowest BCUT2D eigenvalue weighted by atomic mass is 10.1. The number of hydrogen-bond donors (Lipinski definition) is 0. The molecule has 1 saturated heterocycles. The molecular weight excluding hydrogens is 252 g/mol. The Labute approximate surface area is 117 Å². The molecule has 0 aliphatic carbocycles. The molecule has 0 N–H and O–H groups in total. The van der Waals surface area contributed by atoms with E-state index < -0.39 is 5.63 Å². The molecule has 0 atom stereocenters. The van der Waals surface area contributed by atoms with Gasteiger partial charge in [0.05, 0.1) is 5.69 Å². The Bertz CT molecular complexity index is 719. The van der Waals surface area contributed by atoms with Crippen molar-refractivity contribution in [1.29, 1.82) is 5.26 Å². The molecule has 1 aliphatic rings. The molecule has 1 aliphatic heterocycles. The Morgan fingerprint density at radius 2 is 1.80 bits per heavy atom. The number of para-hydroxylation sites is 1. The molecule has 4 nitrogen and oxygen atoms in total. The average molecular weight is 268 g/mol. The fourth-order valence-corrected chi connectivity index (χ4v) is 2.85. The van der Waals surface area contributed by atoms with Crippen LogP contribution in [0.4, 0.5) is 5.69 Å². The maximum Gasteiger partial charge on any atom is 0.356 e. The summed E-state index contributed by atoms with van der Waals surface area (Å²) in [5.74, 6) is 0. The van der Waals surface area contributed by atoms with Gasteiger partial charge in [0.15, 0.2) is 5.56 Å². The second-order valence-electron chi connectivity index (χ2n) is 5.12. The number of rotatable bonds is 1. The number of fused-ring (bicyclic) bond motifs is 1. The first-order chi connectivity index (χ1) is 9.81. The quantitative estimate of drug-likeness (QED) is 0.746. The standard InChI is InChI=1S/C16H16N2O2/c17-11-13-15(18-9-5-1-2-6-10-18)12-7-3-4-8-14(12)20-16(13)19/h3-4,7-8H,1-2,5-6,9-10H2. The molecule has 0 radical (unpaired) electrons. The van der Waals surface area contributed by atoms with E-state index in [4.69, 9.17) is 4.42 Å². The molecule has 0 spiro atoms. The van der Waals surface area contributed by atoms with Crippen LogP contribution in [0.5, 0.6) is 0 Å². The van der Waals surface area contributed by atoms with Gasteiger partial charge in [-0.1, -0.05) is 25.0 Å². The summed E-state index contributed by atoms with van der Waals surface area (Å²) < 4.78 is 5.24. The molecule has 1 aromatic carbocycles. The minimum Gasteiger partial charge on any atom is -0.422 e. The van der Waals surface area contributed by atoms with Gasteiger partial charge in [-0.05, 0) is 25.0 Å². The SMILES string of the molecule is N#Cc1c(N2CCCCCC2)c2ccccc2oc1=O. The third-order valence-corrected chi connectivity index (χ3v) is 3.82. The molecule has 3 rings (SSSR count). The third kappa shape index (κ3) is 2.16. The molecular formula is C16H16N2O2. The highest BCUT2D eigenvalue weighted by Crippen LogP contribution is 2.30. The fraction of sp³-hybridized carbons (Fsp3) is 0.375. The Kier molecular flexibility index (Phi) is 3.42. The van der Waals surface area contributed by atoms with Crippen LogP contribution in [0.3, 0.4) is 0 Å². The fourth-order valence-electron chi connectivity index (χ4n) is 2.85. The lowest BCUT2D eigenvalue weighted by molar-refractivity contribution is 0.557. The van der Waals surface area contributed by atoms with Crippen LogP contribution in [0.1, 0.15) is 31.2 Å². The van der Waals surface area contributed by atoms with Gasteiger partial charge in [0.1, 0.15) is 11.7 Å². The highest BCUT2D eigenvalue weighted by molar-refractivity contribution is 5.93. The Morgan fingerprint density at radius 1 is 1.10 bits per heavy atom. The molecule has 102 valence electrons. The minimum absolute atomic E-state index is 0.130. The van der Waals surface area contributed by atoms with E-state index >= 15 is 0 Å². The first kappa shape index (κ1) is 12.7. The van der Waals surface area contributed by atoms with Crippen LogP contribution in [0.2, 0.25) is 0 Å². The lowest BCUT2D eigenvalue weighted by Gasteiger charge is -2.24. The van der Waals surface area contributed by atoms with Crippen LogP contribution < -0.4 is 10.5 Å². The van der Waals surface area contributed by atoms with Crippen LogP contribution in [-0.2, 0) is 0 Å². The predicted molar refractivity (Wildman–Crippen MR) is 77.9 cm³/mol. The van der Waals surface area contributed by atoms with Crippen molar-refractivity contribution in [3.63, 3.8) is 0 Å². The van der Waals surface area contributed by atoms with Gasteiger partial charge >= 0.3 is 5.63 Å². The number of hydrogen-bond acceptors (Lipinski definition) is 4. The predicted octanol–water partition coefficient (Wildman–Crippen LogP) is 3.05. The first-order valence-electron chi connectivity index (χ1n) is 7.02.